The van der Waals surface area contributed by atoms with E-state index in [1.165, 1.54) is 13.3 Å². The summed E-state index contributed by atoms with van der Waals surface area (Å²) in [6, 6.07) is 2.34. The maximum Gasteiger partial charge on any atom is 0.408 e. The Labute approximate surface area is 190 Å². The van der Waals surface area contributed by atoms with E-state index in [9.17, 15) is 19.5 Å². The Morgan fingerprint density at radius 2 is 1.91 bits per heavy atom. The number of carbonyl (C=O) groups is 2. The van der Waals surface area contributed by atoms with Crippen molar-refractivity contribution < 1.29 is 28.6 Å². The Kier molecular flexibility index (Phi) is 5.81. The molecular formula is C23H28FN3O6. The fourth-order valence-electron chi connectivity index (χ4n) is 4.22. The molecule has 2 N–H and O–H groups in total. The van der Waals surface area contributed by atoms with Gasteiger partial charge in [-0.3, -0.25) is 4.79 Å². The molecule has 4 rings (SSSR count). The first-order chi connectivity index (χ1) is 15.5. The van der Waals surface area contributed by atoms with Crippen LogP contribution in [0.25, 0.3) is 10.9 Å². The van der Waals surface area contributed by atoms with Gasteiger partial charge in [-0.05, 0) is 45.7 Å². The van der Waals surface area contributed by atoms with Gasteiger partial charge in [0.05, 0.1) is 23.3 Å². The second-order valence-corrected chi connectivity index (χ2v) is 9.57. The van der Waals surface area contributed by atoms with Crippen LogP contribution in [-0.2, 0) is 9.47 Å². The highest BCUT2D eigenvalue weighted by atomic mass is 19.1. The van der Waals surface area contributed by atoms with E-state index in [0.717, 1.165) is 18.9 Å². The van der Waals surface area contributed by atoms with Gasteiger partial charge in [0.25, 0.3) is 0 Å². The van der Waals surface area contributed by atoms with Crippen molar-refractivity contribution in [1.29, 1.82) is 0 Å². The lowest BCUT2D eigenvalue weighted by atomic mass is 10.1. The average molecular weight is 461 g/mol. The molecule has 1 aliphatic carbocycles. The molecule has 178 valence electrons. The second-order valence-electron chi connectivity index (χ2n) is 9.57. The van der Waals surface area contributed by atoms with Gasteiger partial charge in [0, 0.05) is 37.8 Å². The number of aromatic carboxylic acids is 1. The number of hydrogen-bond acceptors (Lipinski definition) is 6. The molecule has 1 aromatic heterocycles. The van der Waals surface area contributed by atoms with Crippen LogP contribution in [0.3, 0.4) is 0 Å². The number of ether oxygens (including phenoxy) is 2. The van der Waals surface area contributed by atoms with Gasteiger partial charge in [0.2, 0.25) is 5.43 Å². The molecule has 0 radical (unpaired) electrons. The van der Waals surface area contributed by atoms with Crippen LogP contribution in [0.1, 0.15) is 50.0 Å². The zero-order valence-electron chi connectivity index (χ0n) is 19.1. The Bertz CT molecular complexity index is 1170. The predicted octanol–water partition coefficient (Wildman–Crippen LogP) is 2.90. The van der Waals surface area contributed by atoms with Crippen LogP contribution >= 0.6 is 0 Å². The first kappa shape index (κ1) is 23.0. The molecule has 2 aromatic rings. The van der Waals surface area contributed by atoms with Crippen LogP contribution in [0.2, 0.25) is 0 Å². The highest BCUT2D eigenvalue weighted by molar-refractivity contribution is 5.93. The molecule has 1 saturated carbocycles. The molecule has 2 fully saturated rings. The van der Waals surface area contributed by atoms with E-state index in [-0.39, 0.29) is 29.2 Å². The number of benzene rings is 1. The number of anilines is 1. The SMILES string of the molecule is CO[C@H]1CN(c2cc3c(cc2F)c(=O)c(C(=O)O)cn3C2CC2)C[C@@H]1NC(=O)OC(C)(C)C. The van der Waals surface area contributed by atoms with Crippen molar-refractivity contribution >= 4 is 28.7 Å². The van der Waals surface area contributed by atoms with Gasteiger partial charge in [-0.1, -0.05) is 0 Å². The number of fused-ring (bicyclic) bond motifs is 1. The summed E-state index contributed by atoms with van der Waals surface area (Å²) in [5.74, 6) is -1.98. The monoisotopic (exact) mass is 461 g/mol. The van der Waals surface area contributed by atoms with Crippen molar-refractivity contribution in [3.63, 3.8) is 0 Å². The van der Waals surface area contributed by atoms with Crippen molar-refractivity contribution in [2.75, 3.05) is 25.1 Å². The van der Waals surface area contributed by atoms with E-state index in [1.807, 2.05) is 0 Å². The molecule has 0 unspecified atom stereocenters. The lowest BCUT2D eigenvalue weighted by molar-refractivity contribution is 0.0417. The maximum absolute atomic E-state index is 15.2. The molecule has 0 spiro atoms. The van der Waals surface area contributed by atoms with Crippen molar-refractivity contribution in [2.24, 2.45) is 0 Å². The van der Waals surface area contributed by atoms with E-state index < -0.39 is 41.1 Å². The zero-order valence-corrected chi connectivity index (χ0v) is 19.1. The van der Waals surface area contributed by atoms with Crippen molar-refractivity contribution in [3.05, 3.63) is 39.9 Å². The lowest BCUT2D eigenvalue weighted by Gasteiger charge is -2.23. The number of carbonyl (C=O) groups excluding carboxylic acids is 1. The van der Waals surface area contributed by atoms with Crippen LogP contribution in [-0.4, -0.2) is 59.7 Å². The largest absolute Gasteiger partial charge is 0.477 e. The Balaban J connectivity index is 1.68. The predicted molar refractivity (Wildman–Crippen MR) is 120 cm³/mol. The van der Waals surface area contributed by atoms with E-state index >= 15 is 4.39 Å². The summed E-state index contributed by atoms with van der Waals surface area (Å²) >= 11 is 0. The number of rotatable bonds is 5. The molecule has 9 nitrogen and oxygen atoms in total. The van der Waals surface area contributed by atoms with Crippen LogP contribution in [0.15, 0.2) is 23.1 Å². The minimum Gasteiger partial charge on any atom is -0.477 e. The van der Waals surface area contributed by atoms with Gasteiger partial charge < -0.3 is 29.4 Å². The lowest BCUT2D eigenvalue weighted by Crippen LogP contribution is -2.45. The number of alkyl carbamates (subject to hydrolysis) is 1. The van der Waals surface area contributed by atoms with E-state index in [2.05, 4.69) is 5.32 Å². The fourth-order valence-corrected chi connectivity index (χ4v) is 4.22. The summed E-state index contributed by atoms with van der Waals surface area (Å²) in [5, 5.41) is 12.2. The van der Waals surface area contributed by atoms with Crippen LogP contribution in [0, 0.1) is 5.82 Å². The molecule has 1 amide bonds. The highest BCUT2D eigenvalue weighted by Gasteiger charge is 2.37. The smallest absolute Gasteiger partial charge is 0.408 e. The first-order valence-corrected chi connectivity index (χ1v) is 10.9. The number of carboxylic acids is 1. The van der Waals surface area contributed by atoms with Crippen molar-refractivity contribution in [1.82, 2.24) is 9.88 Å². The molecular weight excluding hydrogens is 433 g/mol. The van der Waals surface area contributed by atoms with Gasteiger partial charge in [-0.15, -0.1) is 0 Å². The summed E-state index contributed by atoms with van der Waals surface area (Å²) < 4.78 is 27.8. The summed E-state index contributed by atoms with van der Waals surface area (Å²) in [6.45, 7) is 5.89. The number of carboxylic acid groups (broad SMARTS) is 1. The number of halogens is 1. The highest BCUT2D eigenvalue weighted by Crippen LogP contribution is 2.38. The summed E-state index contributed by atoms with van der Waals surface area (Å²) in [7, 11) is 1.52. The molecule has 1 aliphatic heterocycles. The normalized spacial score (nSPS) is 20.8. The van der Waals surface area contributed by atoms with Gasteiger partial charge in [-0.2, -0.15) is 0 Å². The van der Waals surface area contributed by atoms with Gasteiger partial charge in [-0.25, -0.2) is 14.0 Å². The molecule has 2 aliphatic rings. The molecule has 1 saturated heterocycles. The van der Waals surface area contributed by atoms with E-state index in [0.29, 0.717) is 12.1 Å². The van der Waals surface area contributed by atoms with Crippen LogP contribution < -0.4 is 15.6 Å². The fraction of sp³-hybridized carbons (Fsp3) is 0.522. The van der Waals surface area contributed by atoms with Crippen LogP contribution in [0.4, 0.5) is 14.9 Å². The first-order valence-electron chi connectivity index (χ1n) is 10.9. The zero-order chi connectivity index (χ0) is 24.1. The Morgan fingerprint density at radius 1 is 1.21 bits per heavy atom. The number of hydrogen-bond donors (Lipinski definition) is 2. The van der Waals surface area contributed by atoms with Crippen LogP contribution in [0.5, 0.6) is 0 Å². The third-order valence-electron chi connectivity index (χ3n) is 5.88. The quantitative estimate of drug-likeness (QED) is 0.705. The molecule has 10 heteroatoms. The molecule has 0 bridgehead atoms. The average Bonchev–Trinajstić information content (AvgIpc) is 3.47. The van der Waals surface area contributed by atoms with Crippen molar-refractivity contribution in [2.45, 2.75) is 57.4 Å². The number of aromatic nitrogens is 1. The summed E-state index contributed by atoms with van der Waals surface area (Å²) in [4.78, 5) is 38.2. The molecule has 2 heterocycles. The third-order valence-corrected chi connectivity index (χ3v) is 5.88. The van der Waals surface area contributed by atoms with Gasteiger partial charge >= 0.3 is 12.1 Å². The Hall–Kier alpha value is -3.14. The minimum absolute atomic E-state index is 0.0361. The second kappa shape index (κ2) is 8.33. The topological polar surface area (TPSA) is 110 Å². The molecule has 33 heavy (non-hydrogen) atoms. The third kappa shape index (κ3) is 4.66. The molecule has 2 atom stereocenters. The van der Waals surface area contributed by atoms with E-state index in [4.69, 9.17) is 9.47 Å². The number of amides is 1. The summed E-state index contributed by atoms with van der Waals surface area (Å²) in [6.07, 6.45) is 2.09. The maximum atomic E-state index is 15.2. The standard InChI is InChI=1S/C23H28FN3O6/c1-23(2,3)33-22(31)25-16-10-26(11-19(16)32-4)18-8-17-13(7-15(18)24)20(28)14(21(29)30)9-27(17)12-5-6-12/h7-9,12,16,19H,5-6,10-11H2,1-4H3,(H,25,31)(H,29,30)/t16-,19-/m0/s1. The van der Waals surface area contributed by atoms with Crippen molar-refractivity contribution in [3.8, 4) is 0 Å². The number of nitrogens with zero attached hydrogens (tertiary/aromatic N) is 2. The molecule has 1 aromatic carbocycles. The van der Waals surface area contributed by atoms with Gasteiger partial charge in [0.15, 0.2) is 0 Å². The number of methoxy groups -OCH3 is 1. The number of pyridine rings is 1. The number of nitrogens with one attached hydrogen (secondary N) is 1. The minimum atomic E-state index is -1.33. The van der Waals surface area contributed by atoms with Gasteiger partial charge in [0.1, 0.15) is 17.0 Å². The summed E-state index contributed by atoms with van der Waals surface area (Å²) in [5.41, 5.74) is -0.989. The van der Waals surface area contributed by atoms with E-state index in [1.54, 1.807) is 36.3 Å². The Morgan fingerprint density at radius 3 is 2.48 bits per heavy atom.